The molecule has 1 aliphatic heterocycles. The van der Waals surface area contributed by atoms with Crippen LogP contribution in [0.25, 0.3) is 0 Å². The number of rotatable bonds is 0. The summed E-state index contributed by atoms with van der Waals surface area (Å²) in [5.41, 5.74) is 2.83. The molecule has 1 atom stereocenters. The molecule has 0 amide bonds. The molecular formula is C7H5B3O. The van der Waals surface area contributed by atoms with Crippen LogP contribution in [0.5, 0.6) is 0 Å². The Bertz CT molecular complexity index is 287. The van der Waals surface area contributed by atoms with E-state index in [1.54, 1.807) is 14.6 Å². The number of hydrogen-bond donors (Lipinski definition) is 1. The summed E-state index contributed by atoms with van der Waals surface area (Å²) in [6.07, 6.45) is 0. The molecule has 4 radical (unpaired) electrons. The van der Waals surface area contributed by atoms with Crippen LogP contribution in [-0.2, 0) is 0 Å². The zero-order valence-corrected chi connectivity index (χ0v) is 5.99. The van der Waals surface area contributed by atoms with Crippen LogP contribution in [0.15, 0.2) is 18.2 Å². The minimum Gasteiger partial charge on any atom is -0.410 e. The van der Waals surface area contributed by atoms with Crippen molar-refractivity contribution in [1.29, 1.82) is 0 Å². The van der Waals surface area contributed by atoms with Gasteiger partial charge in [0.25, 0.3) is 0 Å². The van der Waals surface area contributed by atoms with Crippen LogP contribution >= 0.6 is 0 Å². The van der Waals surface area contributed by atoms with Gasteiger partial charge in [0.2, 0.25) is 0 Å². The molecule has 1 aliphatic rings. The van der Waals surface area contributed by atoms with Gasteiger partial charge in [-0.15, -0.1) is 0 Å². The van der Waals surface area contributed by atoms with Crippen LogP contribution in [0.4, 0.5) is 0 Å². The van der Waals surface area contributed by atoms with Gasteiger partial charge in [0, 0.05) is 5.90 Å². The fraction of sp³-hybridized carbons (Fsp3) is 0.143. The number of aliphatic hydroxyl groups is 1. The fourth-order valence-corrected chi connectivity index (χ4v) is 1.31. The molecular weight excluding hydrogens is 133 g/mol. The largest absolute Gasteiger partial charge is 0.410 e. The average molecular weight is 138 g/mol. The van der Waals surface area contributed by atoms with Crippen molar-refractivity contribution in [3.8, 4) is 0 Å². The Kier molecular flexibility index (Phi) is 1.57. The van der Waals surface area contributed by atoms with Crippen molar-refractivity contribution in [3.05, 3.63) is 18.2 Å². The normalized spacial score (nSPS) is 20.3. The van der Waals surface area contributed by atoms with Crippen LogP contribution in [0.1, 0.15) is 0 Å². The van der Waals surface area contributed by atoms with Gasteiger partial charge in [-0.1, -0.05) is 34.6 Å². The highest BCUT2D eigenvalue weighted by Gasteiger charge is 2.21. The summed E-state index contributed by atoms with van der Waals surface area (Å²) in [4.78, 5) is 0. The molecule has 1 unspecified atom stereocenters. The van der Waals surface area contributed by atoms with Gasteiger partial charge in [-0.05, 0) is 0 Å². The van der Waals surface area contributed by atoms with E-state index in [2.05, 4.69) is 0 Å². The lowest BCUT2D eigenvalue weighted by molar-refractivity contribution is 0.328. The summed E-state index contributed by atoms with van der Waals surface area (Å²) >= 11 is 0. The lowest BCUT2D eigenvalue weighted by atomic mass is 9.59. The standard InChI is InChI=1S/C7H5B3O/c8-4-1-2-5-6(3-4)10-7(11)9-5/h1-3,7,11H. The van der Waals surface area contributed by atoms with E-state index in [4.69, 9.17) is 7.85 Å². The maximum atomic E-state index is 9.19. The minimum absolute atomic E-state index is 0.438. The molecule has 0 fully saturated rings. The smallest absolute Gasteiger partial charge is 0.177 e. The molecule has 11 heavy (non-hydrogen) atoms. The summed E-state index contributed by atoms with van der Waals surface area (Å²) in [7, 11) is 9.14. The van der Waals surface area contributed by atoms with Gasteiger partial charge in [0.05, 0.1) is 0 Å². The highest BCUT2D eigenvalue weighted by Crippen LogP contribution is 1.88. The second-order valence-electron chi connectivity index (χ2n) is 2.71. The first-order valence-corrected chi connectivity index (χ1v) is 3.53. The molecule has 2 rings (SSSR count). The Hall–Kier alpha value is -0.625. The number of hydrogen-bond acceptors (Lipinski definition) is 1. The van der Waals surface area contributed by atoms with Crippen molar-refractivity contribution in [2.24, 2.45) is 0 Å². The van der Waals surface area contributed by atoms with Gasteiger partial charge in [-0.3, -0.25) is 0 Å². The Morgan fingerprint density at radius 3 is 2.82 bits per heavy atom. The van der Waals surface area contributed by atoms with Gasteiger partial charge in [0.1, 0.15) is 7.85 Å². The molecule has 48 valence electrons. The molecule has 0 bridgehead atoms. The third-order valence-electron chi connectivity index (χ3n) is 1.81. The van der Waals surface area contributed by atoms with E-state index in [-0.39, 0.29) is 0 Å². The zero-order valence-electron chi connectivity index (χ0n) is 5.99. The lowest BCUT2D eigenvalue weighted by Crippen LogP contribution is -2.29. The number of fused-ring (bicyclic) bond motifs is 1. The second kappa shape index (κ2) is 2.45. The first-order chi connectivity index (χ1) is 5.25. The number of benzene rings is 1. The van der Waals surface area contributed by atoms with E-state index >= 15 is 0 Å². The topological polar surface area (TPSA) is 20.2 Å². The molecule has 0 saturated heterocycles. The van der Waals surface area contributed by atoms with Crippen LogP contribution < -0.4 is 16.4 Å². The van der Waals surface area contributed by atoms with Gasteiger partial charge in [-0.2, -0.15) is 0 Å². The molecule has 0 aliphatic carbocycles. The third kappa shape index (κ3) is 1.23. The molecule has 1 heterocycles. The molecule has 0 spiro atoms. The summed E-state index contributed by atoms with van der Waals surface area (Å²) in [5, 5.41) is 9.19. The summed E-state index contributed by atoms with van der Waals surface area (Å²) in [5.74, 6) is -0.438. The van der Waals surface area contributed by atoms with E-state index in [9.17, 15) is 5.11 Å². The highest BCUT2D eigenvalue weighted by atomic mass is 16.3. The van der Waals surface area contributed by atoms with Crippen LogP contribution in [-0.4, -0.2) is 33.4 Å². The van der Waals surface area contributed by atoms with E-state index in [0.29, 0.717) is 0 Å². The molecule has 0 saturated carbocycles. The quantitative estimate of drug-likeness (QED) is 0.390. The highest BCUT2D eigenvalue weighted by molar-refractivity contribution is 6.83. The van der Waals surface area contributed by atoms with E-state index in [1.807, 2.05) is 18.2 Å². The van der Waals surface area contributed by atoms with Crippen molar-refractivity contribution < 1.29 is 5.11 Å². The third-order valence-corrected chi connectivity index (χ3v) is 1.81. The van der Waals surface area contributed by atoms with Gasteiger partial charge in [-0.25, -0.2) is 0 Å². The molecule has 1 aromatic rings. The van der Waals surface area contributed by atoms with Crippen LogP contribution in [0.2, 0.25) is 0 Å². The predicted molar refractivity (Wildman–Crippen MR) is 48.6 cm³/mol. The predicted octanol–water partition coefficient (Wildman–Crippen LogP) is -2.57. The van der Waals surface area contributed by atoms with Gasteiger partial charge in [0.15, 0.2) is 14.6 Å². The minimum atomic E-state index is -0.438. The zero-order chi connectivity index (χ0) is 7.84. The summed E-state index contributed by atoms with van der Waals surface area (Å²) in [6, 6.07) is 5.61. The maximum absolute atomic E-state index is 9.19. The van der Waals surface area contributed by atoms with Crippen molar-refractivity contribution in [2.45, 2.75) is 5.90 Å². The molecule has 4 heteroatoms. The molecule has 0 aromatic heterocycles. The van der Waals surface area contributed by atoms with E-state index < -0.39 is 5.90 Å². The summed E-state index contributed by atoms with van der Waals surface area (Å²) in [6.45, 7) is 0. The fourth-order valence-electron chi connectivity index (χ4n) is 1.31. The number of aliphatic hydroxyl groups excluding tert-OH is 1. The molecule has 1 aromatic carbocycles. The van der Waals surface area contributed by atoms with Crippen molar-refractivity contribution >= 4 is 38.8 Å². The Labute approximate surface area is 68.7 Å². The summed E-state index contributed by atoms with van der Waals surface area (Å²) < 4.78 is 0. The first-order valence-electron chi connectivity index (χ1n) is 3.53. The monoisotopic (exact) mass is 138 g/mol. The Morgan fingerprint density at radius 1 is 1.27 bits per heavy atom. The van der Waals surface area contributed by atoms with Crippen molar-refractivity contribution in [3.63, 3.8) is 0 Å². The lowest BCUT2D eigenvalue weighted by Gasteiger charge is -1.98. The van der Waals surface area contributed by atoms with Crippen LogP contribution in [0, 0.1) is 0 Å². The van der Waals surface area contributed by atoms with Gasteiger partial charge < -0.3 is 5.11 Å². The Morgan fingerprint density at radius 2 is 2.00 bits per heavy atom. The average Bonchev–Trinajstić information content (AvgIpc) is 2.27. The van der Waals surface area contributed by atoms with Crippen molar-refractivity contribution in [1.82, 2.24) is 0 Å². The van der Waals surface area contributed by atoms with Gasteiger partial charge >= 0.3 is 0 Å². The first kappa shape index (κ1) is 7.05. The van der Waals surface area contributed by atoms with Crippen molar-refractivity contribution in [2.75, 3.05) is 0 Å². The van der Waals surface area contributed by atoms with E-state index in [0.717, 1.165) is 16.4 Å². The second-order valence-corrected chi connectivity index (χ2v) is 2.71. The van der Waals surface area contributed by atoms with Crippen LogP contribution in [0.3, 0.4) is 0 Å². The Balaban J connectivity index is 2.43. The van der Waals surface area contributed by atoms with E-state index in [1.165, 1.54) is 0 Å². The molecule has 1 nitrogen and oxygen atoms in total. The molecule has 1 N–H and O–H groups in total. The maximum Gasteiger partial charge on any atom is 0.177 e. The SMILES string of the molecule is [B]c1ccc2c(c1)[B]C(O)[B]2.